The van der Waals surface area contributed by atoms with E-state index in [2.05, 4.69) is 4.98 Å². The summed E-state index contributed by atoms with van der Waals surface area (Å²) in [6, 6.07) is 6.68. The first kappa shape index (κ1) is 23.1. The average molecular weight is 485 g/mol. The molecule has 0 aliphatic carbocycles. The standard InChI is InChI=1S/C21H13F6N3O4/c22-20(23,24)12-4-13(21(25,26)27)6-14(5-12)29-18(31)8-30-9-28-15(7-19(30)32)11-1-2-16-17(3-11)34-10-33-16/h1-7,9H,8,10H2,(H,29,31). The fourth-order valence-corrected chi connectivity index (χ4v) is 3.14. The van der Waals surface area contributed by atoms with Crippen LogP contribution in [0.3, 0.4) is 0 Å². The maximum absolute atomic E-state index is 13.0. The molecule has 0 fully saturated rings. The third-order valence-corrected chi connectivity index (χ3v) is 4.73. The van der Waals surface area contributed by atoms with Gasteiger partial charge in [-0.3, -0.25) is 14.2 Å². The summed E-state index contributed by atoms with van der Waals surface area (Å²) in [5, 5.41) is 1.96. The molecule has 0 radical (unpaired) electrons. The van der Waals surface area contributed by atoms with Crippen molar-refractivity contribution in [3.8, 4) is 22.8 Å². The molecular formula is C21H13F6N3O4. The lowest BCUT2D eigenvalue weighted by Crippen LogP contribution is -2.27. The van der Waals surface area contributed by atoms with Crippen LogP contribution in [0.25, 0.3) is 11.3 Å². The van der Waals surface area contributed by atoms with Gasteiger partial charge in [-0.1, -0.05) is 0 Å². The Bertz CT molecular complexity index is 1280. The monoisotopic (exact) mass is 485 g/mol. The highest BCUT2D eigenvalue weighted by molar-refractivity contribution is 5.90. The van der Waals surface area contributed by atoms with E-state index in [9.17, 15) is 35.9 Å². The number of fused-ring (bicyclic) bond motifs is 1. The number of hydrogen-bond donors (Lipinski definition) is 1. The minimum absolute atomic E-state index is 0.0548. The van der Waals surface area contributed by atoms with Gasteiger partial charge in [-0.05, 0) is 36.4 Å². The first-order valence-corrected chi connectivity index (χ1v) is 9.46. The van der Waals surface area contributed by atoms with E-state index in [4.69, 9.17) is 9.47 Å². The van der Waals surface area contributed by atoms with Crippen molar-refractivity contribution < 1.29 is 40.6 Å². The van der Waals surface area contributed by atoms with Gasteiger partial charge in [0.25, 0.3) is 5.56 Å². The summed E-state index contributed by atoms with van der Waals surface area (Å²) in [6.07, 6.45) is -9.09. The van der Waals surface area contributed by atoms with Crippen molar-refractivity contribution in [2.45, 2.75) is 18.9 Å². The van der Waals surface area contributed by atoms with E-state index in [1.165, 1.54) is 0 Å². The van der Waals surface area contributed by atoms with E-state index in [-0.39, 0.29) is 18.6 Å². The average Bonchev–Trinajstić information content (AvgIpc) is 3.21. The number of anilines is 1. The molecule has 3 aromatic rings. The molecular weight excluding hydrogens is 472 g/mol. The van der Waals surface area contributed by atoms with E-state index < -0.39 is 47.2 Å². The predicted molar refractivity (Wildman–Crippen MR) is 105 cm³/mol. The number of benzene rings is 2. The second kappa shape index (κ2) is 8.39. The van der Waals surface area contributed by atoms with E-state index in [0.717, 1.165) is 17.0 Å². The van der Waals surface area contributed by atoms with Gasteiger partial charge in [-0.15, -0.1) is 0 Å². The summed E-state index contributed by atoms with van der Waals surface area (Å²) in [4.78, 5) is 28.7. The Morgan fingerprint density at radius 1 is 0.941 bits per heavy atom. The molecule has 0 unspecified atom stereocenters. The SMILES string of the molecule is O=C(Cn1cnc(-c2ccc3c(c2)OCO3)cc1=O)Nc1cc(C(F)(F)F)cc(C(F)(F)F)c1. The summed E-state index contributed by atoms with van der Waals surface area (Å²) in [5.41, 5.74) is -3.76. The Balaban J connectivity index is 1.53. The number of nitrogens with one attached hydrogen (secondary N) is 1. The zero-order valence-electron chi connectivity index (χ0n) is 16.8. The molecule has 4 rings (SSSR count). The van der Waals surface area contributed by atoms with E-state index in [0.29, 0.717) is 29.2 Å². The number of carbonyl (C=O) groups is 1. The van der Waals surface area contributed by atoms with Crippen LogP contribution in [0.15, 0.2) is 53.6 Å². The molecule has 2 aromatic carbocycles. The second-order valence-electron chi connectivity index (χ2n) is 7.15. The van der Waals surface area contributed by atoms with Crippen LogP contribution in [-0.4, -0.2) is 22.3 Å². The van der Waals surface area contributed by atoms with Crippen LogP contribution in [0.1, 0.15) is 11.1 Å². The molecule has 0 bridgehead atoms. The number of halogens is 6. The second-order valence-corrected chi connectivity index (χ2v) is 7.15. The van der Waals surface area contributed by atoms with Crippen molar-refractivity contribution in [1.29, 1.82) is 0 Å². The summed E-state index contributed by atoms with van der Waals surface area (Å²) in [7, 11) is 0. The molecule has 34 heavy (non-hydrogen) atoms. The highest BCUT2D eigenvalue weighted by Crippen LogP contribution is 2.38. The largest absolute Gasteiger partial charge is 0.454 e. The highest BCUT2D eigenvalue weighted by Gasteiger charge is 2.37. The van der Waals surface area contributed by atoms with Crippen molar-refractivity contribution >= 4 is 11.6 Å². The molecule has 1 N–H and O–H groups in total. The Morgan fingerprint density at radius 2 is 1.59 bits per heavy atom. The van der Waals surface area contributed by atoms with Crippen molar-refractivity contribution in [1.82, 2.24) is 9.55 Å². The number of alkyl halides is 6. The molecule has 0 saturated carbocycles. The Hall–Kier alpha value is -4.03. The molecule has 13 heteroatoms. The number of carbonyl (C=O) groups excluding carboxylic acids is 1. The van der Waals surface area contributed by atoms with Crippen molar-refractivity contribution in [2.75, 3.05) is 12.1 Å². The van der Waals surface area contributed by atoms with Gasteiger partial charge in [0.15, 0.2) is 11.5 Å². The quantitative estimate of drug-likeness (QED) is 0.557. The first-order chi connectivity index (χ1) is 15.9. The lowest BCUT2D eigenvalue weighted by Gasteiger charge is -2.15. The van der Waals surface area contributed by atoms with Crippen LogP contribution in [0.4, 0.5) is 32.0 Å². The van der Waals surface area contributed by atoms with E-state index >= 15 is 0 Å². The number of hydrogen-bond acceptors (Lipinski definition) is 5. The van der Waals surface area contributed by atoms with Crippen molar-refractivity contribution in [2.24, 2.45) is 0 Å². The minimum atomic E-state index is -5.06. The maximum Gasteiger partial charge on any atom is 0.416 e. The summed E-state index contributed by atoms with van der Waals surface area (Å²) >= 11 is 0. The number of rotatable bonds is 4. The molecule has 1 aliphatic rings. The highest BCUT2D eigenvalue weighted by atomic mass is 19.4. The van der Waals surface area contributed by atoms with Gasteiger partial charge in [0, 0.05) is 17.3 Å². The molecule has 0 saturated heterocycles. The van der Waals surface area contributed by atoms with Crippen LogP contribution in [0.5, 0.6) is 11.5 Å². The summed E-state index contributed by atoms with van der Waals surface area (Å²) in [5.74, 6) is -0.0358. The van der Waals surface area contributed by atoms with Crippen LogP contribution in [0, 0.1) is 0 Å². The first-order valence-electron chi connectivity index (χ1n) is 9.46. The smallest absolute Gasteiger partial charge is 0.416 e. The third-order valence-electron chi connectivity index (χ3n) is 4.73. The number of amides is 1. The Labute approximate surface area is 186 Å². The topological polar surface area (TPSA) is 82.5 Å². The molecule has 2 heterocycles. The maximum atomic E-state index is 13.0. The van der Waals surface area contributed by atoms with Gasteiger partial charge in [0.2, 0.25) is 12.7 Å². The molecule has 1 amide bonds. The van der Waals surface area contributed by atoms with Gasteiger partial charge >= 0.3 is 12.4 Å². The van der Waals surface area contributed by atoms with Crippen molar-refractivity contribution in [3.63, 3.8) is 0 Å². The molecule has 0 atom stereocenters. The lowest BCUT2D eigenvalue weighted by atomic mass is 10.1. The normalized spacial score (nSPS) is 13.1. The summed E-state index contributed by atoms with van der Waals surface area (Å²) < 4.78 is 89.2. The number of ether oxygens (including phenoxy) is 2. The molecule has 1 aromatic heterocycles. The van der Waals surface area contributed by atoms with E-state index in [1.54, 1.807) is 18.2 Å². The predicted octanol–water partition coefficient (Wildman–Crippen LogP) is 4.32. The zero-order valence-corrected chi connectivity index (χ0v) is 16.8. The van der Waals surface area contributed by atoms with Crippen LogP contribution < -0.4 is 20.3 Å². The summed E-state index contributed by atoms with van der Waals surface area (Å²) in [6.45, 7) is -0.635. The van der Waals surface area contributed by atoms with Crippen LogP contribution in [-0.2, 0) is 23.7 Å². The number of nitrogens with zero attached hydrogens (tertiary/aromatic N) is 2. The zero-order chi connectivity index (χ0) is 24.7. The minimum Gasteiger partial charge on any atom is -0.454 e. The lowest BCUT2D eigenvalue weighted by molar-refractivity contribution is -0.143. The van der Waals surface area contributed by atoms with Crippen molar-refractivity contribution in [3.05, 3.63) is 70.3 Å². The molecule has 178 valence electrons. The molecule has 7 nitrogen and oxygen atoms in total. The third kappa shape index (κ3) is 4.97. The fourth-order valence-electron chi connectivity index (χ4n) is 3.14. The van der Waals surface area contributed by atoms with Gasteiger partial charge in [-0.2, -0.15) is 26.3 Å². The van der Waals surface area contributed by atoms with Crippen LogP contribution >= 0.6 is 0 Å². The van der Waals surface area contributed by atoms with Gasteiger partial charge in [0.1, 0.15) is 6.54 Å². The Kier molecular flexibility index (Phi) is 5.71. The van der Waals surface area contributed by atoms with Gasteiger partial charge in [-0.25, -0.2) is 4.98 Å². The fraction of sp³-hybridized carbons (Fsp3) is 0.190. The molecule has 1 aliphatic heterocycles. The van der Waals surface area contributed by atoms with E-state index in [1.807, 2.05) is 5.32 Å². The van der Waals surface area contributed by atoms with Gasteiger partial charge in [0.05, 0.1) is 23.1 Å². The Morgan fingerprint density at radius 3 is 2.21 bits per heavy atom. The van der Waals surface area contributed by atoms with Crippen LogP contribution in [0.2, 0.25) is 0 Å². The van der Waals surface area contributed by atoms with Gasteiger partial charge < -0.3 is 14.8 Å². The number of aromatic nitrogens is 2. The molecule has 0 spiro atoms.